The van der Waals surface area contributed by atoms with Gasteiger partial charge in [0.15, 0.2) is 11.6 Å². The zero-order chi connectivity index (χ0) is 14.0. The van der Waals surface area contributed by atoms with Crippen LogP contribution in [0.1, 0.15) is 0 Å². The molecule has 7 heteroatoms. The van der Waals surface area contributed by atoms with Crippen LogP contribution in [-0.4, -0.2) is 8.42 Å². The van der Waals surface area contributed by atoms with Crippen molar-refractivity contribution in [3.8, 4) is 0 Å². The van der Waals surface area contributed by atoms with E-state index < -0.39 is 27.5 Å². The van der Waals surface area contributed by atoms with Crippen molar-refractivity contribution in [3.63, 3.8) is 0 Å². The Morgan fingerprint density at radius 3 is 2.05 bits per heavy atom. The molecule has 0 aromatic heterocycles. The molecule has 0 spiro atoms. The summed E-state index contributed by atoms with van der Waals surface area (Å²) in [6.45, 7) is 0. The van der Waals surface area contributed by atoms with E-state index in [1.54, 1.807) is 0 Å². The van der Waals surface area contributed by atoms with E-state index in [0.717, 1.165) is 36.4 Å². The highest BCUT2D eigenvalue weighted by molar-refractivity contribution is 7.94. The van der Waals surface area contributed by atoms with Crippen molar-refractivity contribution in [3.05, 3.63) is 64.6 Å². The molecular weight excluding hydrogens is 279 g/mol. The first-order chi connectivity index (χ1) is 8.88. The predicted octanol–water partition coefficient (Wildman–Crippen LogP) is 3.50. The Kier molecular flexibility index (Phi) is 3.48. The van der Waals surface area contributed by atoms with Crippen LogP contribution in [0.3, 0.4) is 0 Å². The smallest absolute Gasteiger partial charge is 0.158 e. The fraction of sp³-hybridized carbons (Fsp3) is 0. The van der Waals surface area contributed by atoms with Gasteiger partial charge in [-0.25, -0.2) is 21.6 Å². The van der Waals surface area contributed by atoms with Gasteiger partial charge in [0.2, 0.25) is 0 Å². The lowest BCUT2D eigenvalue weighted by molar-refractivity contribution is 0.509. The summed E-state index contributed by atoms with van der Waals surface area (Å²) >= 11 is 0. The third-order valence-corrected chi connectivity index (χ3v) is 3.56. The maximum absolute atomic E-state index is 12.9. The molecule has 0 amide bonds. The molecule has 0 radical (unpaired) electrons. The van der Waals surface area contributed by atoms with Gasteiger partial charge >= 0.3 is 0 Å². The SMILES string of the molecule is O=S(=O)([N-]c1ccc(F)c(F)c1)c1ccc(F)cc1. The van der Waals surface area contributed by atoms with Crippen LogP contribution < -0.4 is 0 Å². The van der Waals surface area contributed by atoms with Gasteiger partial charge in [-0.15, -0.1) is 5.69 Å². The second-order valence-electron chi connectivity index (χ2n) is 3.62. The first-order valence-corrected chi connectivity index (χ1v) is 6.51. The lowest BCUT2D eigenvalue weighted by Gasteiger charge is -2.21. The maximum Gasteiger partial charge on any atom is 0.158 e. The van der Waals surface area contributed by atoms with Crippen molar-refractivity contribution in [2.24, 2.45) is 0 Å². The molecule has 0 aliphatic rings. The van der Waals surface area contributed by atoms with E-state index in [2.05, 4.69) is 4.72 Å². The summed E-state index contributed by atoms with van der Waals surface area (Å²) < 4.78 is 65.2. The molecule has 0 heterocycles. The lowest BCUT2D eigenvalue weighted by Crippen LogP contribution is -1.98. The van der Waals surface area contributed by atoms with Gasteiger partial charge < -0.3 is 4.72 Å². The molecule has 100 valence electrons. The molecule has 0 aliphatic heterocycles. The molecule has 0 saturated heterocycles. The molecule has 0 saturated carbocycles. The van der Waals surface area contributed by atoms with E-state index in [-0.39, 0.29) is 10.6 Å². The average molecular weight is 286 g/mol. The summed E-state index contributed by atoms with van der Waals surface area (Å²) in [6.07, 6.45) is 0. The number of rotatable bonds is 3. The second-order valence-corrected chi connectivity index (χ2v) is 5.22. The fourth-order valence-electron chi connectivity index (χ4n) is 1.34. The first-order valence-electron chi connectivity index (χ1n) is 5.07. The Bertz CT molecular complexity index is 699. The second kappa shape index (κ2) is 4.93. The van der Waals surface area contributed by atoms with Crippen LogP contribution in [0.4, 0.5) is 18.9 Å². The molecule has 19 heavy (non-hydrogen) atoms. The van der Waals surface area contributed by atoms with Crippen LogP contribution in [0.15, 0.2) is 47.4 Å². The Morgan fingerprint density at radius 2 is 1.47 bits per heavy atom. The van der Waals surface area contributed by atoms with Crippen LogP contribution in [0, 0.1) is 17.5 Å². The van der Waals surface area contributed by atoms with E-state index >= 15 is 0 Å². The summed E-state index contributed by atoms with van der Waals surface area (Å²) in [5.74, 6) is -2.89. The molecule has 2 rings (SSSR count). The zero-order valence-electron chi connectivity index (χ0n) is 9.35. The van der Waals surface area contributed by atoms with E-state index in [0.29, 0.717) is 6.07 Å². The van der Waals surface area contributed by atoms with Crippen molar-refractivity contribution in [2.75, 3.05) is 0 Å². The normalized spacial score (nSPS) is 11.3. The molecule has 0 fully saturated rings. The van der Waals surface area contributed by atoms with Gasteiger partial charge in [0, 0.05) is 0 Å². The maximum atomic E-state index is 12.9. The predicted molar refractivity (Wildman–Crippen MR) is 63.0 cm³/mol. The lowest BCUT2D eigenvalue weighted by atomic mass is 10.3. The van der Waals surface area contributed by atoms with E-state index in [9.17, 15) is 21.6 Å². The molecular formula is C12H7F3NO2S-. The summed E-state index contributed by atoms with van der Waals surface area (Å²) in [5, 5.41) is 0. The van der Waals surface area contributed by atoms with E-state index in [1.165, 1.54) is 0 Å². The summed E-state index contributed by atoms with van der Waals surface area (Å²) in [7, 11) is -4.09. The molecule has 2 aromatic rings. The summed E-state index contributed by atoms with van der Waals surface area (Å²) in [6, 6.07) is 6.47. The minimum Gasteiger partial charge on any atom is -0.573 e. The van der Waals surface area contributed by atoms with Crippen molar-refractivity contribution >= 4 is 15.7 Å². The largest absolute Gasteiger partial charge is 0.573 e. The van der Waals surface area contributed by atoms with Gasteiger partial charge in [0.25, 0.3) is 0 Å². The molecule has 0 bridgehead atoms. The van der Waals surface area contributed by atoms with Crippen LogP contribution in [0.2, 0.25) is 0 Å². The van der Waals surface area contributed by atoms with Gasteiger partial charge in [-0.2, -0.15) is 0 Å². The Morgan fingerprint density at radius 1 is 0.842 bits per heavy atom. The number of nitrogens with zero attached hydrogens (tertiary/aromatic N) is 1. The van der Waals surface area contributed by atoms with Gasteiger partial charge in [-0.1, -0.05) is 6.07 Å². The van der Waals surface area contributed by atoms with Crippen molar-refractivity contribution < 1.29 is 21.6 Å². The molecule has 3 nitrogen and oxygen atoms in total. The monoisotopic (exact) mass is 286 g/mol. The van der Waals surface area contributed by atoms with Gasteiger partial charge in [-0.3, -0.25) is 0 Å². The minimum absolute atomic E-state index is 0.237. The highest BCUT2D eigenvalue weighted by Gasteiger charge is 2.06. The molecule has 0 unspecified atom stereocenters. The van der Waals surface area contributed by atoms with Crippen molar-refractivity contribution in [1.82, 2.24) is 0 Å². The molecule has 2 aromatic carbocycles. The summed E-state index contributed by atoms with van der Waals surface area (Å²) in [4.78, 5) is -0.237. The van der Waals surface area contributed by atoms with Gasteiger partial charge in [0.1, 0.15) is 15.8 Å². The quantitative estimate of drug-likeness (QED) is 0.867. The third kappa shape index (κ3) is 3.05. The molecule has 0 atom stereocenters. The van der Waals surface area contributed by atoms with Crippen LogP contribution in [0.25, 0.3) is 4.72 Å². The van der Waals surface area contributed by atoms with Gasteiger partial charge in [-0.05, 0) is 36.4 Å². The number of halogens is 3. The van der Waals surface area contributed by atoms with Crippen molar-refractivity contribution in [1.29, 1.82) is 0 Å². The topological polar surface area (TPSA) is 48.2 Å². The van der Waals surface area contributed by atoms with Crippen LogP contribution in [-0.2, 0) is 10.0 Å². The Hall–Kier alpha value is -2.02. The Labute approximate surface area is 107 Å². The molecule has 0 aliphatic carbocycles. The molecule has 0 N–H and O–H groups in total. The fourth-order valence-corrected chi connectivity index (χ4v) is 2.32. The van der Waals surface area contributed by atoms with Crippen molar-refractivity contribution in [2.45, 2.75) is 4.90 Å². The standard InChI is InChI=1S/C12H7F3NO2S/c13-8-1-4-10(5-2-8)19(17,18)16-9-3-6-11(14)12(15)7-9/h1-7H/q-1. The highest BCUT2D eigenvalue weighted by atomic mass is 32.2. The number of sulfonamides is 1. The highest BCUT2D eigenvalue weighted by Crippen LogP contribution is 2.28. The summed E-state index contributed by atoms with van der Waals surface area (Å²) in [5.41, 5.74) is -0.247. The first kappa shape index (κ1) is 13.4. The van der Waals surface area contributed by atoms with Gasteiger partial charge in [0.05, 0.1) is 4.90 Å². The number of hydrogen-bond donors (Lipinski definition) is 0. The third-order valence-electron chi connectivity index (χ3n) is 2.24. The average Bonchev–Trinajstić information content (AvgIpc) is 2.34. The number of hydrogen-bond acceptors (Lipinski definition) is 2. The Balaban J connectivity index is 2.30. The van der Waals surface area contributed by atoms with Crippen LogP contribution >= 0.6 is 0 Å². The van der Waals surface area contributed by atoms with E-state index in [4.69, 9.17) is 0 Å². The zero-order valence-corrected chi connectivity index (χ0v) is 10.2. The van der Waals surface area contributed by atoms with E-state index in [1.807, 2.05) is 0 Å². The minimum atomic E-state index is -4.09. The van der Waals surface area contributed by atoms with Crippen LogP contribution in [0.5, 0.6) is 0 Å². The number of benzene rings is 2.